The minimum absolute atomic E-state index is 0.0286. The molecule has 0 radical (unpaired) electrons. The lowest BCUT2D eigenvalue weighted by Crippen LogP contribution is -2.12. The molecule has 8 heteroatoms. The highest BCUT2D eigenvalue weighted by Crippen LogP contribution is 2.26. The van der Waals surface area contributed by atoms with Crippen LogP contribution in [0.25, 0.3) is 0 Å². The van der Waals surface area contributed by atoms with Crippen LogP contribution in [-0.4, -0.2) is 27.0 Å². The number of nitrogens with two attached hydrogens (primary N) is 1. The molecule has 29 heavy (non-hydrogen) atoms. The summed E-state index contributed by atoms with van der Waals surface area (Å²) in [5, 5.41) is 8.99. The molecule has 3 aromatic rings. The van der Waals surface area contributed by atoms with Gasteiger partial charge in [-0.1, -0.05) is 42.5 Å². The number of hydrogen-bond donors (Lipinski definition) is 3. The molecular weight excluding hydrogens is 373 g/mol. The second kappa shape index (κ2) is 9.09. The molecule has 0 aliphatic carbocycles. The fourth-order valence-corrected chi connectivity index (χ4v) is 2.98. The van der Waals surface area contributed by atoms with Gasteiger partial charge in [-0.05, 0) is 36.5 Å². The van der Waals surface area contributed by atoms with Gasteiger partial charge in [0.25, 0.3) is 5.91 Å². The third-order valence-corrected chi connectivity index (χ3v) is 4.50. The van der Waals surface area contributed by atoms with E-state index >= 15 is 0 Å². The summed E-state index contributed by atoms with van der Waals surface area (Å²) in [5.41, 5.74) is 8.00. The molecule has 2 amide bonds. The molecule has 0 unspecified atom stereocenters. The minimum atomic E-state index is -0.620. The highest BCUT2D eigenvalue weighted by Gasteiger charge is 2.17. The van der Waals surface area contributed by atoms with Crippen LogP contribution in [0, 0.1) is 12.7 Å². The van der Waals surface area contributed by atoms with Crippen LogP contribution >= 0.6 is 0 Å². The molecule has 0 saturated heterocycles. The zero-order chi connectivity index (χ0) is 20.8. The highest BCUT2D eigenvalue weighted by molar-refractivity contribution is 5.92. The van der Waals surface area contributed by atoms with E-state index < -0.39 is 5.91 Å². The third-order valence-electron chi connectivity index (χ3n) is 4.50. The van der Waals surface area contributed by atoms with Crippen LogP contribution in [0.1, 0.15) is 46.0 Å². The Labute approximate surface area is 167 Å². The number of aryl methyl sites for hydroxylation is 2. The summed E-state index contributed by atoms with van der Waals surface area (Å²) in [6.45, 7) is 1.70. The van der Waals surface area contributed by atoms with Gasteiger partial charge in [-0.3, -0.25) is 14.7 Å². The molecule has 1 aliphatic rings. The first-order chi connectivity index (χ1) is 13.9. The van der Waals surface area contributed by atoms with Gasteiger partial charge in [-0.15, -0.1) is 5.10 Å². The number of nitrogens with one attached hydrogen (secondary N) is 2. The van der Waals surface area contributed by atoms with Crippen molar-refractivity contribution in [1.29, 1.82) is 0 Å². The summed E-state index contributed by atoms with van der Waals surface area (Å²) >= 11 is 0. The zero-order valence-electron chi connectivity index (χ0n) is 16.0. The first-order valence-corrected chi connectivity index (χ1v) is 9.27. The number of nitrogens with zero attached hydrogens (tertiary/aromatic N) is 2. The average Bonchev–Trinajstić information content (AvgIpc) is 3.08. The van der Waals surface area contributed by atoms with E-state index in [1.807, 2.05) is 36.4 Å². The van der Waals surface area contributed by atoms with Crippen LogP contribution in [0.3, 0.4) is 0 Å². The maximum atomic E-state index is 13.6. The second-order valence-corrected chi connectivity index (χ2v) is 6.76. The Bertz CT molecular complexity index is 1020. The number of fused-ring (bicyclic) bond motifs is 1. The number of aromatic amines is 1. The molecule has 0 spiro atoms. The summed E-state index contributed by atoms with van der Waals surface area (Å²) in [4.78, 5) is 25.9. The number of aromatic nitrogens is 3. The summed E-state index contributed by atoms with van der Waals surface area (Å²) in [6, 6.07) is 13.4. The van der Waals surface area contributed by atoms with Crippen molar-refractivity contribution in [2.45, 2.75) is 32.6 Å². The number of halogens is 1. The number of amides is 2. The molecule has 4 N–H and O–H groups in total. The van der Waals surface area contributed by atoms with E-state index in [2.05, 4.69) is 20.5 Å². The molecule has 1 aliphatic heterocycles. The number of hydrogen-bond acceptors (Lipinski definition) is 4. The van der Waals surface area contributed by atoms with Gasteiger partial charge in [-0.25, -0.2) is 9.37 Å². The van der Waals surface area contributed by atoms with Crippen molar-refractivity contribution >= 4 is 17.5 Å². The first kappa shape index (κ1) is 20.2. The van der Waals surface area contributed by atoms with Crippen LogP contribution in [0.5, 0.6) is 0 Å². The van der Waals surface area contributed by atoms with E-state index in [1.54, 1.807) is 13.0 Å². The van der Waals surface area contributed by atoms with Crippen LogP contribution < -0.4 is 11.1 Å². The summed E-state index contributed by atoms with van der Waals surface area (Å²) < 4.78 is 13.6. The fraction of sp³-hybridized carbons (Fsp3) is 0.238. The van der Waals surface area contributed by atoms with E-state index in [1.165, 1.54) is 0 Å². The lowest BCUT2D eigenvalue weighted by Gasteiger charge is -2.09. The number of benzene rings is 2. The van der Waals surface area contributed by atoms with Gasteiger partial charge in [-0.2, -0.15) is 0 Å². The van der Waals surface area contributed by atoms with Gasteiger partial charge >= 0.3 is 0 Å². The minimum Gasteiger partial charge on any atom is -0.363 e. The van der Waals surface area contributed by atoms with Crippen LogP contribution in [0.15, 0.2) is 42.5 Å². The number of H-pyrrole nitrogens is 1. The molecule has 0 bridgehead atoms. The maximum Gasteiger partial charge on any atom is 0.288 e. The van der Waals surface area contributed by atoms with Gasteiger partial charge in [0.1, 0.15) is 11.6 Å². The van der Waals surface area contributed by atoms with Crippen molar-refractivity contribution in [2.24, 2.45) is 5.73 Å². The normalized spacial score (nSPS) is 12.8. The van der Waals surface area contributed by atoms with E-state index in [0.717, 1.165) is 24.0 Å². The standard InChI is InChI=1S/C11H12FNO.C10H10N4O/c1-7-5-6-8-3-2-4-9(14)13-11(8)10(7)12;11-9(15)10-12-8(13-14-10)6-7-4-2-1-3-5-7/h5-6H,2-4H2,1H3,(H,13,14);1-5H,6H2,(H2,11,15)(H,12,13,14). The van der Waals surface area contributed by atoms with Crippen LogP contribution in [0.4, 0.5) is 10.1 Å². The van der Waals surface area contributed by atoms with Gasteiger partial charge in [0.05, 0.1) is 5.69 Å². The molecule has 2 heterocycles. The Morgan fingerprint density at radius 3 is 2.62 bits per heavy atom. The number of primary amides is 1. The van der Waals surface area contributed by atoms with E-state index in [-0.39, 0.29) is 17.5 Å². The number of anilines is 1. The van der Waals surface area contributed by atoms with Crippen molar-refractivity contribution < 1.29 is 14.0 Å². The number of carbonyl (C=O) groups excluding carboxylic acids is 2. The van der Waals surface area contributed by atoms with Crippen molar-refractivity contribution in [3.05, 3.63) is 76.6 Å². The van der Waals surface area contributed by atoms with Crippen molar-refractivity contribution in [3.8, 4) is 0 Å². The number of carbonyl (C=O) groups is 2. The molecule has 0 saturated carbocycles. The van der Waals surface area contributed by atoms with Gasteiger partial charge in [0.2, 0.25) is 11.7 Å². The summed E-state index contributed by atoms with van der Waals surface area (Å²) in [7, 11) is 0. The molecule has 4 rings (SSSR count). The Morgan fingerprint density at radius 1 is 1.17 bits per heavy atom. The second-order valence-electron chi connectivity index (χ2n) is 6.76. The third kappa shape index (κ3) is 5.25. The summed E-state index contributed by atoms with van der Waals surface area (Å²) in [6.07, 6.45) is 2.65. The lowest BCUT2D eigenvalue weighted by atomic mass is 10.1. The lowest BCUT2D eigenvalue weighted by molar-refractivity contribution is -0.116. The highest BCUT2D eigenvalue weighted by atomic mass is 19.1. The van der Waals surface area contributed by atoms with Gasteiger partial charge in [0, 0.05) is 12.8 Å². The quantitative estimate of drug-likeness (QED) is 0.633. The fourth-order valence-electron chi connectivity index (χ4n) is 2.98. The monoisotopic (exact) mass is 395 g/mol. The SMILES string of the molecule is Cc1ccc2c(c1F)NC(=O)CCC2.NC(=O)c1n[nH]c(Cc2ccccc2)n1. The van der Waals surface area contributed by atoms with E-state index in [4.69, 9.17) is 5.73 Å². The maximum absolute atomic E-state index is 13.6. The average molecular weight is 395 g/mol. The smallest absolute Gasteiger partial charge is 0.288 e. The van der Waals surface area contributed by atoms with Crippen LogP contribution in [0.2, 0.25) is 0 Å². The Hall–Kier alpha value is -3.55. The van der Waals surface area contributed by atoms with Gasteiger partial charge in [0.15, 0.2) is 0 Å². The zero-order valence-corrected chi connectivity index (χ0v) is 16.0. The van der Waals surface area contributed by atoms with Crippen molar-refractivity contribution in [2.75, 3.05) is 5.32 Å². The van der Waals surface area contributed by atoms with E-state index in [0.29, 0.717) is 29.9 Å². The molecular formula is C21H22FN5O2. The topological polar surface area (TPSA) is 114 Å². The molecule has 1 aromatic heterocycles. The Kier molecular flexibility index (Phi) is 6.33. The van der Waals surface area contributed by atoms with E-state index in [9.17, 15) is 14.0 Å². The molecule has 150 valence electrons. The summed E-state index contributed by atoms with van der Waals surface area (Å²) in [5.74, 6) is -0.340. The molecule has 0 fully saturated rings. The molecule has 7 nitrogen and oxygen atoms in total. The number of rotatable bonds is 3. The van der Waals surface area contributed by atoms with Gasteiger partial charge < -0.3 is 11.1 Å². The van der Waals surface area contributed by atoms with Crippen molar-refractivity contribution in [1.82, 2.24) is 15.2 Å². The largest absolute Gasteiger partial charge is 0.363 e. The predicted octanol–water partition coefficient (Wildman–Crippen LogP) is 2.90. The predicted molar refractivity (Wildman–Crippen MR) is 107 cm³/mol. The van der Waals surface area contributed by atoms with Crippen molar-refractivity contribution in [3.63, 3.8) is 0 Å². The molecule has 2 aromatic carbocycles. The first-order valence-electron chi connectivity index (χ1n) is 9.27. The molecule has 0 atom stereocenters. The Balaban J connectivity index is 0.000000166. The van der Waals surface area contributed by atoms with Crippen LogP contribution in [-0.2, 0) is 17.6 Å². The Morgan fingerprint density at radius 2 is 1.93 bits per heavy atom.